The summed E-state index contributed by atoms with van der Waals surface area (Å²) in [6.45, 7) is 18.2. The molecule has 0 aromatic rings. The monoisotopic (exact) mass is 511 g/mol. The number of rotatable bonds is 9. The summed E-state index contributed by atoms with van der Waals surface area (Å²) in [7, 11) is -0.841. The summed E-state index contributed by atoms with van der Waals surface area (Å²) in [5, 5.41) is 8.74. The van der Waals surface area contributed by atoms with E-state index in [0.29, 0.717) is 37.2 Å². The second-order valence-electron chi connectivity index (χ2n) is 6.13. The molecule has 0 saturated carbocycles. The predicted molar refractivity (Wildman–Crippen MR) is 95.9 cm³/mol. The van der Waals surface area contributed by atoms with E-state index in [1.54, 1.807) is 0 Å². The van der Waals surface area contributed by atoms with E-state index in [4.69, 9.17) is 9.79 Å². The van der Waals surface area contributed by atoms with E-state index >= 15 is 0 Å². The third kappa shape index (κ3) is 8.22. The van der Waals surface area contributed by atoms with Crippen molar-refractivity contribution in [3.8, 4) is 6.07 Å². The van der Waals surface area contributed by atoms with Crippen LogP contribution in [0.3, 0.4) is 0 Å². The molecule has 0 heterocycles. The Labute approximate surface area is 153 Å². The fraction of sp³-hybridized carbons (Fsp3) is 0.933. The zero-order valence-corrected chi connectivity index (χ0v) is 21.5. The molecule has 0 aliphatic carbocycles. The van der Waals surface area contributed by atoms with Gasteiger partial charge in [0.1, 0.15) is 0 Å². The number of nitriles is 1. The molecule has 0 bridgehead atoms. The van der Waals surface area contributed by atoms with Crippen LogP contribution in [0, 0.1) is 11.3 Å². The van der Waals surface area contributed by atoms with E-state index < -0.39 is 8.45 Å². The van der Waals surface area contributed by atoms with Crippen molar-refractivity contribution in [3.05, 3.63) is 0 Å². The van der Waals surface area contributed by atoms with Gasteiger partial charge in [0.15, 0.2) is 8.45 Å². The van der Waals surface area contributed by atoms with E-state index in [9.17, 15) is 0 Å². The zero-order chi connectivity index (χ0) is 15.9. The Morgan fingerprint density at radius 3 is 1.43 bits per heavy atom. The average molecular weight is 511 g/mol. The van der Waals surface area contributed by atoms with Gasteiger partial charge in [0, 0.05) is 24.2 Å². The molecule has 0 rings (SSSR count). The van der Waals surface area contributed by atoms with Crippen LogP contribution in [-0.2, 0) is 4.52 Å². The summed E-state index contributed by atoms with van der Waals surface area (Å²) in [5.41, 5.74) is 0. The quantitative estimate of drug-likeness (QED) is 0.271. The van der Waals surface area contributed by atoms with E-state index in [0.717, 1.165) is 0 Å². The van der Waals surface area contributed by atoms with Gasteiger partial charge >= 0.3 is 27.3 Å². The average Bonchev–Trinajstić information content (AvgIpc) is 2.26. The van der Waals surface area contributed by atoms with Crippen LogP contribution in [0.2, 0.25) is 0 Å². The Kier molecular flexibility index (Phi) is 13.9. The molecule has 0 aromatic carbocycles. The fourth-order valence-corrected chi connectivity index (χ4v) is 4.75. The first kappa shape index (κ1) is 24.0. The van der Waals surface area contributed by atoms with E-state index in [2.05, 4.69) is 70.8 Å². The Morgan fingerprint density at radius 2 is 1.19 bits per heavy atom. The van der Waals surface area contributed by atoms with Crippen LogP contribution in [0.5, 0.6) is 0 Å². The van der Waals surface area contributed by atoms with E-state index in [-0.39, 0.29) is 27.3 Å². The zero-order valence-electron chi connectivity index (χ0n) is 15.1. The van der Waals surface area contributed by atoms with Crippen molar-refractivity contribution in [2.45, 2.75) is 86.0 Å². The van der Waals surface area contributed by atoms with Crippen molar-refractivity contribution in [1.29, 1.82) is 5.26 Å². The Balaban J connectivity index is 0. The van der Waals surface area contributed by atoms with Crippen LogP contribution in [0.15, 0.2) is 0 Å². The van der Waals surface area contributed by atoms with Gasteiger partial charge in [-0.15, -0.1) is 0 Å². The van der Waals surface area contributed by atoms with Crippen LogP contribution >= 0.6 is 8.45 Å². The Morgan fingerprint density at radius 1 is 0.857 bits per heavy atom. The van der Waals surface area contributed by atoms with Crippen molar-refractivity contribution in [3.63, 3.8) is 0 Å². The standard InChI is InChI=1S/C15H32N3OP.Pb.2H/c1-12(2)17(13(3)4)20(19-11-9-10-16)18(14(5)6)15(7)8;;;/h12-15H,9,11H2,1-8H3;;;. The van der Waals surface area contributed by atoms with Crippen LogP contribution in [0.25, 0.3) is 0 Å². The summed E-state index contributed by atoms with van der Waals surface area (Å²) < 4.78 is 11.0. The summed E-state index contributed by atoms with van der Waals surface area (Å²) in [6.07, 6.45) is 0.451. The molecule has 0 aliphatic heterocycles. The van der Waals surface area contributed by atoms with Gasteiger partial charge in [-0.05, 0) is 55.4 Å². The van der Waals surface area contributed by atoms with E-state index in [1.807, 2.05) is 0 Å². The Hall–Kier alpha value is 0.722. The topological polar surface area (TPSA) is 39.5 Å². The van der Waals surface area contributed by atoms with Crippen LogP contribution in [-0.4, -0.2) is 67.4 Å². The number of hydrogen-bond acceptors (Lipinski definition) is 4. The summed E-state index contributed by atoms with van der Waals surface area (Å²) in [6, 6.07) is 3.84. The third-order valence-corrected chi connectivity index (χ3v) is 5.98. The van der Waals surface area contributed by atoms with E-state index in [1.165, 1.54) is 0 Å². The van der Waals surface area contributed by atoms with Gasteiger partial charge < -0.3 is 4.52 Å². The van der Waals surface area contributed by atoms with Gasteiger partial charge in [-0.2, -0.15) is 5.26 Å². The number of nitrogens with zero attached hydrogens (tertiary/aromatic N) is 3. The number of hydrogen-bond donors (Lipinski definition) is 0. The first-order valence-electron chi connectivity index (χ1n) is 7.60. The molecular formula is C15H34N3OPPb. The minimum atomic E-state index is -0.841. The van der Waals surface area contributed by atoms with Crippen LogP contribution in [0.4, 0.5) is 0 Å². The molecule has 0 aliphatic rings. The van der Waals surface area contributed by atoms with Gasteiger partial charge in [-0.3, -0.25) is 0 Å². The fourth-order valence-electron chi connectivity index (χ4n) is 2.41. The van der Waals surface area contributed by atoms with Gasteiger partial charge in [0.2, 0.25) is 0 Å². The van der Waals surface area contributed by atoms with Crippen molar-refractivity contribution >= 4 is 35.7 Å². The molecule has 0 amide bonds. The third-order valence-electron chi connectivity index (χ3n) is 2.93. The van der Waals surface area contributed by atoms with Gasteiger partial charge in [-0.25, -0.2) is 9.34 Å². The molecular weight excluding hydrogens is 476 g/mol. The maximum atomic E-state index is 8.74. The first-order chi connectivity index (χ1) is 9.23. The van der Waals surface area contributed by atoms with Gasteiger partial charge in [0.25, 0.3) is 0 Å². The molecule has 0 atom stereocenters. The summed E-state index contributed by atoms with van der Waals surface area (Å²) in [5.74, 6) is 0. The van der Waals surface area contributed by atoms with Gasteiger partial charge in [-0.1, -0.05) is 0 Å². The molecule has 0 spiro atoms. The molecule has 0 aromatic heterocycles. The first-order valence-corrected chi connectivity index (χ1v) is 8.77. The molecule has 0 N–H and O–H groups in total. The molecule has 6 heteroatoms. The van der Waals surface area contributed by atoms with Crippen molar-refractivity contribution in [2.75, 3.05) is 6.61 Å². The predicted octanol–water partition coefficient (Wildman–Crippen LogP) is 3.46. The SMILES string of the molecule is CC(C)N(C(C)C)P(OCCC#N)N(C(C)C)C(C)C.[PbH2]. The molecule has 0 fully saturated rings. The molecule has 4 nitrogen and oxygen atoms in total. The molecule has 21 heavy (non-hydrogen) atoms. The molecule has 2 radical (unpaired) electrons. The van der Waals surface area contributed by atoms with Crippen molar-refractivity contribution < 1.29 is 4.52 Å². The van der Waals surface area contributed by atoms with Gasteiger partial charge in [0.05, 0.1) is 19.1 Å². The minimum absolute atomic E-state index is 0. The van der Waals surface area contributed by atoms with Crippen LogP contribution < -0.4 is 0 Å². The Bertz CT molecular complexity index is 270. The normalized spacial score (nSPS) is 12.1. The van der Waals surface area contributed by atoms with Crippen molar-refractivity contribution in [2.24, 2.45) is 0 Å². The second kappa shape index (κ2) is 12.2. The molecule has 0 unspecified atom stereocenters. The summed E-state index contributed by atoms with van der Waals surface area (Å²) >= 11 is 0. The molecule has 0 saturated heterocycles. The summed E-state index contributed by atoms with van der Waals surface area (Å²) in [4.78, 5) is 0. The maximum absolute atomic E-state index is 8.74. The molecule has 124 valence electrons. The second-order valence-corrected chi connectivity index (χ2v) is 7.82. The van der Waals surface area contributed by atoms with Crippen LogP contribution in [0.1, 0.15) is 61.8 Å². The van der Waals surface area contributed by atoms with Crippen molar-refractivity contribution in [1.82, 2.24) is 9.34 Å².